The molecule has 2 atom stereocenters. The lowest BCUT2D eigenvalue weighted by molar-refractivity contribution is -0.143. The number of hydrogen-bond acceptors (Lipinski definition) is 5. The van der Waals surface area contributed by atoms with E-state index >= 15 is 0 Å². The van der Waals surface area contributed by atoms with Crippen molar-refractivity contribution in [2.45, 2.75) is 38.8 Å². The molecule has 0 fully saturated rings. The first-order valence-corrected chi connectivity index (χ1v) is 6.30. The van der Waals surface area contributed by atoms with Gasteiger partial charge in [-0.2, -0.15) is 0 Å². The van der Waals surface area contributed by atoms with E-state index in [9.17, 15) is 14.4 Å². The highest BCUT2D eigenvalue weighted by molar-refractivity contribution is 5.86. The summed E-state index contributed by atoms with van der Waals surface area (Å²) in [6.45, 7) is 3.38. The number of urea groups is 1. The number of rotatable bonds is 8. The molecule has 0 spiro atoms. The number of amides is 2. The van der Waals surface area contributed by atoms with Crippen molar-refractivity contribution in [1.29, 1.82) is 0 Å². The van der Waals surface area contributed by atoms with Crippen LogP contribution in [0.3, 0.4) is 0 Å². The number of hydrogen-bond donors (Lipinski definition) is 4. The average Bonchev–Trinajstić information content (AvgIpc) is 2.35. The Kier molecular flexibility index (Phi) is 8.30. The summed E-state index contributed by atoms with van der Waals surface area (Å²) < 4.78 is 4.58. The van der Waals surface area contributed by atoms with Crippen LogP contribution in [-0.2, 0) is 14.3 Å². The van der Waals surface area contributed by atoms with Gasteiger partial charge in [-0.05, 0) is 12.3 Å². The fraction of sp³-hybridized carbons (Fsp3) is 0.750. The van der Waals surface area contributed by atoms with Gasteiger partial charge in [0.25, 0.3) is 0 Å². The summed E-state index contributed by atoms with van der Waals surface area (Å²) in [4.78, 5) is 34.0. The van der Waals surface area contributed by atoms with Crippen LogP contribution in [0.5, 0.6) is 0 Å². The smallest absolute Gasteiger partial charge is 0.328 e. The van der Waals surface area contributed by atoms with Crippen LogP contribution in [-0.4, -0.2) is 54.0 Å². The van der Waals surface area contributed by atoms with Gasteiger partial charge in [-0.1, -0.05) is 13.8 Å². The number of aliphatic hydroxyl groups excluding tert-OH is 1. The van der Waals surface area contributed by atoms with Gasteiger partial charge in [-0.15, -0.1) is 0 Å². The first-order valence-electron chi connectivity index (χ1n) is 6.30. The van der Waals surface area contributed by atoms with Gasteiger partial charge < -0.3 is 25.6 Å². The molecule has 0 radical (unpaired) electrons. The minimum Gasteiger partial charge on any atom is -0.480 e. The molecule has 20 heavy (non-hydrogen) atoms. The molecule has 8 heteroatoms. The molecule has 0 saturated carbocycles. The molecule has 0 aromatic carbocycles. The SMILES string of the molecule is COC(=O)C(CC(C)C)NC(=O)N[C@@H](CCO)C(=O)O. The lowest BCUT2D eigenvalue weighted by Crippen LogP contribution is -2.51. The zero-order chi connectivity index (χ0) is 15.7. The van der Waals surface area contributed by atoms with Gasteiger partial charge >= 0.3 is 18.0 Å². The molecule has 0 rings (SSSR count). The van der Waals surface area contributed by atoms with Crippen LogP contribution in [0.1, 0.15) is 26.7 Å². The maximum absolute atomic E-state index is 11.7. The molecule has 0 aliphatic rings. The van der Waals surface area contributed by atoms with Crippen molar-refractivity contribution in [2.75, 3.05) is 13.7 Å². The van der Waals surface area contributed by atoms with E-state index in [2.05, 4.69) is 15.4 Å². The standard InChI is InChI=1S/C12H22N2O6/c1-7(2)6-9(11(18)20-3)14-12(19)13-8(4-5-15)10(16)17/h7-9,15H,4-6H2,1-3H3,(H,16,17)(H2,13,14,19)/t8-,9?/m0/s1. The number of esters is 1. The monoisotopic (exact) mass is 290 g/mol. The maximum Gasteiger partial charge on any atom is 0.328 e. The molecule has 0 aromatic rings. The second-order valence-electron chi connectivity index (χ2n) is 4.73. The summed E-state index contributed by atoms with van der Waals surface area (Å²) in [6, 6.07) is -2.84. The summed E-state index contributed by atoms with van der Waals surface area (Å²) in [5.41, 5.74) is 0. The van der Waals surface area contributed by atoms with Gasteiger partial charge in [-0.3, -0.25) is 0 Å². The largest absolute Gasteiger partial charge is 0.480 e. The quantitative estimate of drug-likeness (QED) is 0.455. The van der Waals surface area contributed by atoms with Gasteiger partial charge in [0.15, 0.2) is 0 Å². The predicted molar refractivity (Wildman–Crippen MR) is 70.1 cm³/mol. The molecule has 1 unspecified atom stereocenters. The number of nitrogens with one attached hydrogen (secondary N) is 2. The van der Waals surface area contributed by atoms with Crippen molar-refractivity contribution in [1.82, 2.24) is 10.6 Å². The second kappa shape index (κ2) is 9.13. The number of methoxy groups -OCH3 is 1. The van der Waals surface area contributed by atoms with E-state index in [1.807, 2.05) is 13.8 Å². The van der Waals surface area contributed by atoms with Gasteiger partial charge in [0, 0.05) is 13.0 Å². The number of aliphatic hydroxyl groups is 1. The number of aliphatic carboxylic acids is 1. The molecular formula is C12H22N2O6. The Labute approximate surface area is 117 Å². The van der Waals surface area contributed by atoms with Crippen molar-refractivity contribution in [3.05, 3.63) is 0 Å². The summed E-state index contributed by atoms with van der Waals surface area (Å²) in [5, 5.41) is 22.1. The minimum absolute atomic E-state index is 0.115. The molecule has 0 saturated heterocycles. The Morgan fingerprint density at radius 1 is 1.15 bits per heavy atom. The molecule has 0 aliphatic heterocycles. The van der Waals surface area contributed by atoms with Crippen LogP contribution in [0.25, 0.3) is 0 Å². The van der Waals surface area contributed by atoms with Gasteiger partial charge in [-0.25, -0.2) is 14.4 Å². The van der Waals surface area contributed by atoms with Crippen LogP contribution < -0.4 is 10.6 Å². The zero-order valence-electron chi connectivity index (χ0n) is 11.9. The summed E-state index contributed by atoms with van der Waals surface area (Å²) in [5.74, 6) is -1.71. The minimum atomic E-state index is -1.26. The van der Waals surface area contributed by atoms with Crippen LogP contribution >= 0.6 is 0 Å². The summed E-state index contributed by atoms with van der Waals surface area (Å²) in [6.07, 6.45) is 0.258. The molecule has 8 nitrogen and oxygen atoms in total. The Morgan fingerprint density at radius 3 is 2.10 bits per heavy atom. The third kappa shape index (κ3) is 6.93. The van der Waals surface area contributed by atoms with Crippen LogP contribution in [0, 0.1) is 5.92 Å². The van der Waals surface area contributed by atoms with E-state index < -0.39 is 30.1 Å². The molecule has 116 valence electrons. The Morgan fingerprint density at radius 2 is 1.70 bits per heavy atom. The molecule has 0 heterocycles. The molecule has 0 aliphatic carbocycles. The third-order valence-electron chi connectivity index (χ3n) is 2.52. The van der Waals surface area contributed by atoms with Gasteiger partial charge in [0.1, 0.15) is 12.1 Å². The molecule has 4 N–H and O–H groups in total. The molecule has 0 aromatic heterocycles. The average molecular weight is 290 g/mol. The number of carbonyl (C=O) groups is 3. The fourth-order valence-corrected chi connectivity index (χ4v) is 1.57. The Hall–Kier alpha value is -1.83. The first-order chi connectivity index (χ1) is 9.31. The summed E-state index contributed by atoms with van der Waals surface area (Å²) >= 11 is 0. The number of carbonyl (C=O) groups excluding carboxylic acids is 2. The van der Waals surface area contributed by atoms with Gasteiger partial charge in [0.05, 0.1) is 7.11 Å². The van der Waals surface area contributed by atoms with Crippen LogP contribution in [0.15, 0.2) is 0 Å². The van der Waals surface area contributed by atoms with E-state index in [1.165, 1.54) is 7.11 Å². The highest BCUT2D eigenvalue weighted by Crippen LogP contribution is 2.06. The van der Waals surface area contributed by atoms with Crippen molar-refractivity contribution in [3.8, 4) is 0 Å². The lowest BCUT2D eigenvalue weighted by atomic mass is 10.0. The fourth-order valence-electron chi connectivity index (χ4n) is 1.57. The second-order valence-corrected chi connectivity index (χ2v) is 4.73. The van der Waals surface area contributed by atoms with Crippen molar-refractivity contribution in [2.24, 2.45) is 5.92 Å². The Bertz CT molecular complexity index is 345. The Balaban J connectivity index is 4.58. The van der Waals surface area contributed by atoms with Gasteiger partial charge in [0.2, 0.25) is 0 Å². The number of ether oxygens (including phenoxy) is 1. The van der Waals surface area contributed by atoms with E-state index in [-0.39, 0.29) is 18.9 Å². The molecular weight excluding hydrogens is 268 g/mol. The zero-order valence-corrected chi connectivity index (χ0v) is 11.9. The van der Waals surface area contributed by atoms with Crippen molar-refractivity contribution in [3.63, 3.8) is 0 Å². The topological polar surface area (TPSA) is 125 Å². The highest BCUT2D eigenvalue weighted by Gasteiger charge is 2.25. The number of carboxylic acid groups (broad SMARTS) is 1. The predicted octanol–water partition coefficient (Wildman–Crippen LogP) is -0.291. The van der Waals surface area contributed by atoms with E-state index in [0.717, 1.165) is 0 Å². The lowest BCUT2D eigenvalue weighted by Gasteiger charge is -2.20. The van der Waals surface area contributed by atoms with E-state index in [0.29, 0.717) is 6.42 Å². The van der Waals surface area contributed by atoms with E-state index in [4.69, 9.17) is 10.2 Å². The van der Waals surface area contributed by atoms with Crippen LogP contribution in [0.4, 0.5) is 4.79 Å². The maximum atomic E-state index is 11.7. The van der Waals surface area contributed by atoms with Crippen molar-refractivity contribution >= 4 is 18.0 Å². The van der Waals surface area contributed by atoms with E-state index in [1.54, 1.807) is 0 Å². The normalized spacial score (nSPS) is 13.4. The third-order valence-corrected chi connectivity index (χ3v) is 2.52. The number of carboxylic acids is 1. The summed E-state index contributed by atoms with van der Waals surface area (Å²) in [7, 11) is 1.21. The first kappa shape index (κ1) is 18.2. The van der Waals surface area contributed by atoms with Crippen LogP contribution in [0.2, 0.25) is 0 Å². The van der Waals surface area contributed by atoms with Crippen molar-refractivity contribution < 1.29 is 29.3 Å². The molecule has 0 bridgehead atoms. The molecule has 2 amide bonds. The highest BCUT2D eigenvalue weighted by atomic mass is 16.5.